The highest BCUT2D eigenvalue weighted by Gasteiger charge is 2.29. The van der Waals surface area contributed by atoms with Gasteiger partial charge in [-0.3, -0.25) is 0 Å². The second-order valence-electron chi connectivity index (χ2n) is 5.32. The number of furan rings is 1. The number of aryl methyl sites for hydroxylation is 1. The molecule has 2 N–H and O–H groups in total. The predicted molar refractivity (Wildman–Crippen MR) is 75.3 cm³/mol. The van der Waals surface area contributed by atoms with Crippen LogP contribution in [0.2, 0.25) is 0 Å². The Kier molecular flexibility index (Phi) is 4.85. The lowest BCUT2D eigenvalue weighted by Gasteiger charge is -2.31. The highest BCUT2D eigenvalue weighted by molar-refractivity contribution is 7.87. The van der Waals surface area contributed by atoms with Crippen LogP contribution in [0.1, 0.15) is 37.3 Å². The number of hydrogen-bond donors (Lipinski definition) is 2. The molecule has 1 aromatic heterocycles. The van der Waals surface area contributed by atoms with Gasteiger partial charge in [-0.2, -0.15) is 17.4 Å². The molecule has 0 radical (unpaired) electrons. The molecule has 1 saturated heterocycles. The van der Waals surface area contributed by atoms with E-state index in [1.807, 2.05) is 13.0 Å². The van der Waals surface area contributed by atoms with E-state index in [1.165, 1.54) is 4.31 Å². The zero-order valence-electron chi connectivity index (χ0n) is 11.9. The molecule has 114 valence electrons. The van der Waals surface area contributed by atoms with Crippen molar-refractivity contribution < 1.29 is 17.9 Å². The first-order valence-corrected chi connectivity index (χ1v) is 8.31. The second kappa shape index (κ2) is 6.26. The van der Waals surface area contributed by atoms with Crippen molar-refractivity contribution in [2.24, 2.45) is 5.92 Å². The van der Waals surface area contributed by atoms with Crippen LogP contribution in [0.5, 0.6) is 0 Å². The van der Waals surface area contributed by atoms with Gasteiger partial charge in [0, 0.05) is 19.7 Å². The minimum atomic E-state index is -3.51. The standard InChI is InChI=1S/C13H22N2O4S/c1-10-3-4-13(19-10)11(2)14-20(17,18)15-7-5-12(9-16)6-8-15/h3-4,11-12,14,16H,5-9H2,1-2H3. The van der Waals surface area contributed by atoms with Crippen LogP contribution in [-0.2, 0) is 10.2 Å². The van der Waals surface area contributed by atoms with Crippen molar-refractivity contribution in [1.29, 1.82) is 0 Å². The Morgan fingerprint density at radius 2 is 2.10 bits per heavy atom. The maximum Gasteiger partial charge on any atom is 0.280 e. The van der Waals surface area contributed by atoms with Gasteiger partial charge >= 0.3 is 0 Å². The summed E-state index contributed by atoms with van der Waals surface area (Å²) in [5.41, 5.74) is 0. The highest BCUT2D eigenvalue weighted by atomic mass is 32.2. The van der Waals surface area contributed by atoms with Crippen LogP contribution in [-0.4, -0.2) is 37.5 Å². The predicted octanol–water partition coefficient (Wildman–Crippen LogP) is 1.19. The molecular weight excluding hydrogens is 280 g/mol. The Morgan fingerprint density at radius 1 is 1.45 bits per heavy atom. The van der Waals surface area contributed by atoms with Crippen LogP contribution in [0.3, 0.4) is 0 Å². The van der Waals surface area contributed by atoms with Crippen molar-refractivity contribution in [3.63, 3.8) is 0 Å². The monoisotopic (exact) mass is 302 g/mol. The number of aliphatic hydroxyl groups is 1. The Bertz CT molecular complexity index is 532. The molecule has 1 fully saturated rings. The fraction of sp³-hybridized carbons (Fsp3) is 0.692. The van der Waals surface area contributed by atoms with E-state index in [-0.39, 0.29) is 12.5 Å². The first kappa shape index (κ1) is 15.5. The molecule has 1 aromatic rings. The van der Waals surface area contributed by atoms with E-state index >= 15 is 0 Å². The molecule has 2 rings (SSSR count). The van der Waals surface area contributed by atoms with Gasteiger partial charge in [0.25, 0.3) is 10.2 Å². The van der Waals surface area contributed by atoms with Crippen LogP contribution in [0.4, 0.5) is 0 Å². The molecule has 0 spiro atoms. The van der Waals surface area contributed by atoms with Gasteiger partial charge in [-0.1, -0.05) is 0 Å². The Hall–Kier alpha value is -0.890. The molecule has 7 heteroatoms. The van der Waals surface area contributed by atoms with Gasteiger partial charge in [0.15, 0.2) is 0 Å². The van der Waals surface area contributed by atoms with Crippen molar-refractivity contribution in [2.75, 3.05) is 19.7 Å². The van der Waals surface area contributed by atoms with Crippen molar-refractivity contribution in [3.8, 4) is 0 Å². The fourth-order valence-corrected chi connectivity index (χ4v) is 3.78. The first-order chi connectivity index (χ1) is 9.42. The van der Waals surface area contributed by atoms with E-state index in [1.54, 1.807) is 13.0 Å². The quantitative estimate of drug-likeness (QED) is 0.856. The van der Waals surface area contributed by atoms with Gasteiger partial charge in [0.1, 0.15) is 11.5 Å². The van der Waals surface area contributed by atoms with Gasteiger partial charge in [0.05, 0.1) is 6.04 Å². The van der Waals surface area contributed by atoms with Crippen molar-refractivity contribution >= 4 is 10.2 Å². The van der Waals surface area contributed by atoms with Gasteiger partial charge < -0.3 is 9.52 Å². The molecule has 2 heterocycles. The van der Waals surface area contributed by atoms with E-state index in [4.69, 9.17) is 9.52 Å². The lowest BCUT2D eigenvalue weighted by molar-refractivity contribution is 0.169. The number of piperidine rings is 1. The molecule has 1 atom stereocenters. The van der Waals surface area contributed by atoms with E-state index in [2.05, 4.69) is 4.72 Å². The lowest BCUT2D eigenvalue weighted by atomic mass is 10.00. The first-order valence-electron chi connectivity index (χ1n) is 6.87. The Labute approximate surface area is 120 Å². The third-order valence-electron chi connectivity index (χ3n) is 3.69. The van der Waals surface area contributed by atoms with E-state index in [9.17, 15) is 8.42 Å². The summed E-state index contributed by atoms with van der Waals surface area (Å²) in [6, 6.07) is 3.19. The van der Waals surface area contributed by atoms with Crippen molar-refractivity contribution in [3.05, 3.63) is 23.7 Å². The summed E-state index contributed by atoms with van der Waals surface area (Å²) in [5.74, 6) is 1.58. The maximum atomic E-state index is 12.3. The van der Waals surface area contributed by atoms with Crippen molar-refractivity contribution in [1.82, 2.24) is 9.03 Å². The summed E-state index contributed by atoms with van der Waals surface area (Å²) in [4.78, 5) is 0. The zero-order valence-corrected chi connectivity index (χ0v) is 12.7. The minimum Gasteiger partial charge on any atom is -0.465 e. The molecule has 0 aromatic carbocycles. The molecule has 1 aliphatic rings. The molecule has 0 saturated carbocycles. The van der Waals surface area contributed by atoms with Crippen LogP contribution < -0.4 is 4.72 Å². The number of nitrogens with one attached hydrogen (secondary N) is 1. The number of nitrogens with zero attached hydrogens (tertiary/aromatic N) is 1. The summed E-state index contributed by atoms with van der Waals surface area (Å²) in [5, 5.41) is 9.08. The van der Waals surface area contributed by atoms with Gasteiger partial charge in [-0.25, -0.2) is 0 Å². The highest BCUT2D eigenvalue weighted by Crippen LogP contribution is 2.21. The van der Waals surface area contributed by atoms with Crippen LogP contribution in [0.15, 0.2) is 16.5 Å². The third-order valence-corrected chi connectivity index (χ3v) is 5.38. The molecule has 6 nitrogen and oxygen atoms in total. The topological polar surface area (TPSA) is 82.8 Å². The number of rotatable bonds is 5. The molecule has 0 aliphatic carbocycles. The summed E-state index contributed by atoms with van der Waals surface area (Å²) < 4.78 is 34.1. The summed E-state index contributed by atoms with van der Waals surface area (Å²) in [6.07, 6.45) is 1.40. The average Bonchev–Trinajstić information content (AvgIpc) is 2.85. The third kappa shape index (κ3) is 3.60. The van der Waals surface area contributed by atoms with Crippen molar-refractivity contribution in [2.45, 2.75) is 32.7 Å². The maximum absolute atomic E-state index is 12.3. The Morgan fingerprint density at radius 3 is 2.60 bits per heavy atom. The molecule has 1 unspecified atom stereocenters. The van der Waals surface area contributed by atoms with E-state index in [0.717, 1.165) is 5.76 Å². The SMILES string of the molecule is Cc1ccc(C(C)NS(=O)(=O)N2CCC(CO)CC2)o1. The summed E-state index contributed by atoms with van der Waals surface area (Å²) in [6.45, 7) is 4.61. The van der Waals surface area contributed by atoms with Crippen LogP contribution in [0, 0.1) is 12.8 Å². The molecule has 0 bridgehead atoms. The normalized spacial score (nSPS) is 20.1. The van der Waals surface area contributed by atoms with E-state index < -0.39 is 16.3 Å². The molecular formula is C13H22N2O4S. The molecule has 1 aliphatic heterocycles. The molecule has 20 heavy (non-hydrogen) atoms. The number of aliphatic hydroxyl groups excluding tert-OH is 1. The smallest absolute Gasteiger partial charge is 0.280 e. The summed E-state index contributed by atoms with van der Waals surface area (Å²) in [7, 11) is -3.51. The average molecular weight is 302 g/mol. The van der Waals surface area contributed by atoms with Gasteiger partial charge in [0.2, 0.25) is 0 Å². The van der Waals surface area contributed by atoms with Crippen LogP contribution >= 0.6 is 0 Å². The fourth-order valence-electron chi connectivity index (χ4n) is 2.37. The summed E-state index contributed by atoms with van der Waals surface area (Å²) >= 11 is 0. The Balaban J connectivity index is 1.97. The van der Waals surface area contributed by atoms with E-state index in [0.29, 0.717) is 31.7 Å². The lowest BCUT2D eigenvalue weighted by Crippen LogP contribution is -2.46. The van der Waals surface area contributed by atoms with Gasteiger partial charge in [-0.15, -0.1) is 0 Å². The van der Waals surface area contributed by atoms with Crippen LogP contribution in [0.25, 0.3) is 0 Å². The van der Waals surface area contributed by atoms with Gasteiger partial charge in [-0.05, 0) is 44.7 Å². The zero-order chi connectivity index (χ0) is 14.8. The molecule has 0 amide bonds. The largest absolute Gasteiger partial charge is 0.465 e. The number of hydrogen-bond acceptors (Lipinski definition) is 4. The minimum absolute atomic E-state index is 0.128. The second-order valence-corrected chi connectivity index (χ2v) is 7.02.